The van der Waals surface area contributed by atoms with E-state index in [-0.39, 0.29) is 0 Å². The fourth-order valence-corrected chi connectivity index (χ4v) is 3.49. The molecule has 3 heterocycles. The van der Waals surface area contributed by atoms with Crippen molar-refractivity contribution in [3.05, 3.63) is 35.2 Å². The van der Waals surface area contributed by atoms with E-state index in [1.807, 2.05) is 19.1 Å². The van der Waals surface area contributed by atoms with Crippen molar-refractivity contribution in [1.82, 2.24) is 15.0 Å². The number of furan rings is 1. The normalized spacial score (nSPS) is 17.0. The number of aromatic nitrogens is 2. The Balaban J connectivity index is 1.57. The molecule has 0 spiro atoms. The molecule has 5 heteroatoms. The average molecular weight is 325 g/mol. The summed E-state index contributed by atoms with van der Waals surface area (Å²) in [7, 11) is 2.18. The summed E-state index contributed by atoms with van der Waals surface area (Å²) >= 11 is 0. The van der Waals surface area contributed by atoms with E-state index in [0.29, 0.717) is 17.6 Å². The molecule has 0 bridgehead atoms. The monoisotopic (exact) mass is 325 g/mol. The quantitative estimate of drug-likeness (QED) is 0.729. The van der Waals surface area contributed by atoms with Crippen molar-refractivity contribution >= 4 is 11.0 Å². The van der Waals surface area contributed by atoms with Crippen molar-refractivity contribution in [2.24, 2.45) is 5.92 Å². The molecule has 1 aliphatic rings. The molecule has 0 unspecified atom stereocenters. The topological polar surface area (TPSA) is 55.3 Å². The Bertz CT molecular complexity index is 857. The summed E-state index contributed by atoms with van der Waals surface area (Å²) in [6.45, 7) is 6.42. The fourth-order valence-electron chi connectivity index (χ4n) is 3.49. The lowest BCUT2D eigenvalue weighted by molar-refractivity contribution is 0.216. The minimum absolute atomic E-state index is 0.490. The van der Waals surface area contributed by atoms with Gasteiger partial charge in [-0.25, -0.2) is 0 Å². The van der Waals surface area contributed by atoms with E-state index in [0.717, 1.165) is 41.9 Å². The van der Waals surface area contributed by atoms with Crippen LogP contribution in [-0.2, 0) is 6.42 Å². The van der Waals surface area contributed by atoms with Gasteiger partial charge in [-0.15, -0.1) is 0 Å². The molecule has 2 aromatic heterocycles. The minimum Gasteiger partial charge on any atom is -0.451 e. The highest BCUT2D eigenvalue weighted by atomic mass is 16.5. The van der Waals surface area contributed by atoms with Gasteiger partial charge in [-0.05, 0) is 64.9 Å². The van der Waals surface area contributed by atoms with Crippen molar-refractivity contribution in [2.75, 3.05) is 20.1 Å². The number of benzene rings is 1. The summed E-state index contributed by atoms with van der Waals surface area (Å²) in [6.07, 6.45) is 3.28. The van der Waals surface area contributed by atoms with Gasteiger partial charge in [0, 0.05) is 17.4 Å². The summed E-state index contributed by atoms with van der Waals surface area (Å²) in [5.41, 5.74) is 3.14. The number of piperidine rings is 1. The first-order valence-corrected chi connectivity index (χ1v) is 8.61. The number of rotatable bonds is 3. The second-order valence-electron chi connectivity index (χ2n) is 7.02. The van der Waals surface area contributed by atoms with Crippen LogP contribution in [0, 0.1) is 19.8 Å². The third kappa shape index (κ3) is 2.84. The molecule has 126 valence electrons. The standard InChI is InChI=1S/C19H23N3O2/c1-12-4-5-16-15(10-12)13(2)18(23-16)19-20-17(21-24-19)11-14-6-8-22(3)9-7-14/h4-5,10,14H,6-9,11H2,1-3H3. The van der Waals surface area contributed by atoms with Gasteiger partial charge in [-0.3, -0.25) is 0 Å². The molecule has 24 heavy (non-hydrogen) atoms. The van der Waals surface area contributed by atoms with Gasteiger partial charge in [0.2, 0.25) is 0 Å². The molecule has 5 nitrogen and oxygen atoms in total. The minimum atomic E-state index is 0.490. The summed E-state index contributed by atoms with van der Waals surface area (Å²) in [4.78, 5) is 6.96. The average Bonchev–Trinajstić information content (AvgIpc) is 3.15. The van der Waals surface area contributed by atoms with Crippen molar-refractivity contribution in [3.63, 3.8) is 0 Å². The molecule has 0 N–H and O–H groups in total. The van der Waals surface area contributed by atoms with Crippen LogP contribution in [0.25, 0.3) is 22.6 Å². The second kappa shape index (κ2) is 6.06. The second-order valence-corrected chi connectivity index (χ2v) is 7.02. The third-order valence-corrected chi connectivity index (χ3v) is 5.06. The maximum Gasteiger partial charge on any atom is 0.293 e. The molecular weight excluding hydrogens is 302 g/mol. The fraction of sp³-hybridized carbons (Fsp3) is 0.474. The maximum absolute atomic E-state index is 5.95. The Hall–Kier alpha value is -2.14. The van der Waals surface area contributed by atoms with E-state index in [4.69, 9.17) is 8.94 Å². The van der Waals surface area contributed by atoms with Crippen LogP contribution in [0.4, 0.5) is 0 Å². The molecule has 0 aliphatic carbocycles. The van der Waals surface area contributed by atoms with Gasteiger partial charge in [0.05, 0.1) is 0 Å². The number of hydrogen-bond acceptors (Lipinski definition) is 5. The molecule has 4 rings (SSSR count). The van der Waals surface area contributed by atoms with Crippen LogP contribution in [0.1, 0.15) is 29.8 Å². The van der Waals surface area contributed by atoms with Crippen LogP contribution in [-0.4, -0.2) is 35.2 Å². The zero-order valence-electron chi connectivity index (χ0n) is 14.5. The van der Waals surface area contributed by atoms with Gasteiger partial charge >= 0.3 is 0 Å². The first kappa shape index (κ1) is 15.4. The smallest absolute Gasteiger partial charge is 0.293 e. The van der Waals surface area contributed by atoms with Crippen LogP contribution < -0.4 is 0 Å². The van der Waals surface area contributed by atoms with Gasteiger partial charge in [-0.1, -0.05) is 16.8 Å². The summed E-state index contributed by atoms with van der Waals surface area (Å²) in [5, 5.41) is 5.29. The van der Waals surface area contributed by atoms with Crippen molar-refractivity contribution < 1.29 is 8.94 Å². The van der Waals surface area contributed by atoms with Crippen molar-refractivity contribution in [1.29, 1.82) is 0 Å². The Morgan fingerprint density at radius 3 is 2.79 bits per heavy atom. The Morgan fingerprint density at radius 1 is 1.21 bits per heavy atom. The molecule has 3 aromatic rings. The SMILES string of the molecule is Cc1ccc2oc(-c3nc(CC4CCN(C)CC4)no3)c(C)c2c1. The Kier molecular flexibility index (Phi) is 3.88. The van der Waals surface area contributed by atoms with E-state index in [2.05, 4.69) is 35.1 Å². The molecule has 0 saturated carbocycles. The number of aryl methyl sites for hydroxylation is 2. The zero-order chi connectivity index (χ0) is 16.7. The summed E-state index contributed by atoms with van der Waals surface area (Å²) in [5.74, 6) is 2.61. The molecule has 0 atom stereocenters. The molecule has 1 aliphatic heterocycles. The van der Waals surface area contributed by atoms with Gasteiger partial charge < -0.3 is 13.8 Å². The molecule has 1 saturated heterocycles. The molecule has 1 aromatic carbocycles. The summed E-state index contributed by atoms with van der Waals surface area (Å²) in [6, 6.07) is 6.18. The zero-order valence-corrected chi connectivity index (χ0v) is 14.5. The van der Waals surface area contributed by atoms with Crippen LogP contribution in [0.2, 0.25) is 0 Å². The van der Waals surface area contributed by atoms with Crippen LogP contribution in [0.15, 0.2) is 27.1 Å². The Labute approximate surface area is 141 Å². The number of likely N-dealkylation sites (tertiary alicyclic amines) is 1. The highest BCUT2D eigenvalue weighted by Gasteiger charge is 2.22. The van der Waals surface area contributed by atoms with Gasteiger partial charge in [-0.2, -0.15) is 4.98 Å². The van der Waals surface area contributed by atoms with Gasteiger partial charge in [0.15, 0.2) is 11.6 Å². The van der Waals surface area contributed by atoms with E-state index >= 15 is 0 Å². The third-order valence-electron chi connectivity index (χ3n) is 5.06. The molecule has 0 radical (unpaired) electrons. The number of fused-ring (bicyclic) bond motifs is 1. The summed E-state index contributed by atoms with van der Waals surface area (Å²) < 4.78 is 11.4. The largest absolute Gasteiger partial charge is 0.451 e. The number of hydrogen-bond donors (Lipinski definition) is 0. The Morgan fingerprint density at radius 2 is 2.00 bits per heavy atom. The van der Waals surface area contributed by atoms with E-state index in [1.54, 1.807) is 0 Å². The van der Waals surface area contributed by atoms with Gasteiger partial charge in [0.1, 0.15) is 5.58 Å². The maximum atomic E-state index is 5.95. The lowest BCUT2D eigenvalue weighted by Crippen LogP contribution is -2.31. The highest BCUT2D eigenvalue weighted by Crippen LogP contribution is 2.33. The molecule has 1 fully saturated rings. The van der Waals surface area contributed by atoms with E-state index in [9.17, 15) is 0 Å². The van der Waals surface area contributed by atoms with Crippen molar-refractivity contribution in [3.8, 4) is 11.7 Å². The predicted octanol–water partition coefficient (Wildman–Crippen LogP) is 3.98. The lowest BCUT2D eigenvalue weighted by atomic mass is 9.94. The van der Waals surface area contributed by atoms with Crippen LogP contribution >= 0.6 is 0 Å². The van der Waals surface area contributed by atoms with E-state index < -0.39 is 0 Å². The number of nitrogens with zero attached hydrogens (tertiary/aromatic N) is 3. The predicted molar refractivity (Wildman–Crippen MR) is 92.9 cm³/mol. The molecular formula is C19H23N3O2. The van der Waals surface area contributed by atoms with Crippen molar-refractivity contribution in [2.45, 2.75) is 33.1 Å². The van der Waals surface area contributed by atoms with Crippen LogP contribution in [0.3, 0.4) is 0 Å². The highest BCUT2D eigenvalue weighted by molar-refractivity contribution is 5.86. The molecule has 0 amide bonds. The first-order chi connectivity index (χ1) is 11.6. The first-order valence-electron chi connectivity index (χ1n) is 8.61. The van der Waals surface area contributed by atoms with Crippen LogP contribution in [0.5, 0.6) is 0 Å². The van der Waals surface area contributed by atoms with E-state index in [1.165, 1.54) is 18.4 Å². The van der Waals surface area contributed by atoms with Gasteiger partial charge in [0.25, 0.3) is 5.89 Å². The lowest BCUT2D eigenvalue weighted by Gasteiger charge is -2.27.